The Hall–Kier alpha value is -4.68. The van der Waals surface area contributed by atoms with Crippen molar-refractivity contribution in [1.29, 1.82) is 0 Å². The number of pyridine rings is 1. The fraction of sp³-hybridized carbons (Fsp3) is 0.412. The third kappa shape index (κ3) is 8.32. The van der Waals surface area contributed by atoms with Gasteiger partial charge in [0.1, 0.15) is 11.3 Å². The highest BCUT2D eigenvalue weighted by Gasteiger charge is 2.35. The molecule has 3 aliphatic rings. The van der Waals surface area contributed by atoms with Crippen molar-refractivity contribution < 1.29 is 33.3 Å². The van der Waals surface area contributed by atoms with Gasteiger partial charge in [-0.05, 0) is 66.8 Å². The Labute approximate surface area is 267 Å². The summed E-state index contributed by atoms with van der Waals surface area (Å²) in [6.45, 7) is 1.34. The first-order valence-corrected chi connectivity index (χ1v) is 15.4. The standard InChI is InChI=1S/C34H40N4O8/c1-43-17-5-15-37-21-31(39)36-27-20-38(34(42)26-8-4-14-35-33(26)41)16-13-28(27)45-22-24-6-3-7-25(18-24)46-29-11-9-23(10-12-32(37)40)19-30(29)44-2/h3-4,6-9,11,14,18-19,27-28H,5,10,12-13,15-17,20-22H2,1-2H3,(H,35,41)(H,36,39)/t27-,28+/m0/s1. The number of benzene rings is 2. The maximum absolute atomic E-state index is 13.5. The van der Waals surface area contributed by atoms with Crippen molar-refractivity contribution in [3.63, 3.8) is 0 Å². The number of aryl methyl sites for hydroxylation is 1. The number of methoxy groups -OCH3 is 2. The molecule has 0 unspecified atom stereocenters. The van der Waals surface area contributed by atoms with Crippen LogP contribution in [-0.2, 0) is 32.1 Å². The number of nitrogens with one attached hydrogen (secondary N) is 2. The highest BCUT2D eigenvalue weighted by atomic mass is 16.5. The van der Waals surface area contributed by atoms with E-state index in [2.05, 4.69) is 10.3 Å². The van der Waals surface area contributed by atoms with Gasteiger partial charge in [-0.2, -0.15) is 0 Å². The Morgan fingerprint density at radius 2 is 1.89 bits per heavy atom. The molecule has 0 spiro atoms. The highest BCUT2D eigenvalue weighted by molar-refractivity contribution is 5.94. The van der Waals surface area contributed by atoms with Crippen molar-refractivity contribution in [2.45, 2.75) is 44.4 Å². The minimum Gasteiger partial charge on any atom is -0.493 e. The minimum atomic E-state index is -0.579. The van der Waals surface area contributed by atoms with Gasteiger partial charge in [0.2, 0.25) is 11.8 Å². The molecule has 46 heavy (non-hydrogen) atoms. The number of carbonyl (C=O) groups excluding carboxylic acids is 3. The summed E-state index contributed by atoms with van der Waals surface area (Å²) in [5.41, 5.74) is 1.31. The van der Waals surface area contributed by atoms with E-state index in [0.717, 1.165) is 11.1 Å². The van der Waals surface area contributed by atoms with Crippen LogP contribution in [0.25, 0.3) is 0 Å². The van der Waals surface area contributed by atoms with Crippen molar-refractivity contribution in [2.75, 3.05) is 47.0 Å². The Balaban J connectivity index is 1.42. The number of nitrogens with zero attached hydrogens (tertiary/aromatic N) is 2. The van der Waals surface area contributed by atoms with Crippen LogP contribution < -0.4 is 20.3 Å². The van der Waals surface area contributed by atoms with Crippen molar-refractivity contribution in [3.05, 3.63) is 87.8 Å². The summed E-state index contributed by atoms with van der Waals surface area (Å²) in [5, 5.41) is 3.03. The van der Waals surface area contributed by atoms with Crippen molar-refractivity contribution >= 4 is 17.7 Å². The van der Waals surface area contributed by atoms with E-state index in [-0.39, 0.29) is 43.5 Å². The monoisotopic (exact) mass is 632 g/mol. The van der Waals surface area contributed by atoms with Gasteiger partial charge in [-0.15, -0.1) is 0 Å². The molecule has 3 amide bonds. The lowest BCUT2D eigenvalue weighted by Gasteiger charge is -2.39. The number of aromatic amines is 1. The van der Waals surface area contributed by atoms with Gasteiger partial charge in [-0.1, -0.05) is 18.2 Å². The Bertz CT molecular complexity index is 1590. The Morgan fingerprint density at radius 3 is 2.70 bits per heavy atom. The molecule has 12 heteroatoms. The maximum Gasteiger partial charge on any atom is 0.260 e. The Morgan fingerprint density at radius 1 is 1.02 bits per heavy atom. The van der Waals surface area contributed by atoms with Crippen LogP contribution in [0.3, 0.4) is 0 Å². The van der Waals surface area contributed by atoms with Crippen molar-refractivity contribution in [3.8, 4) is 17.2 Å². The van der Waals surface area contributed by atoms with Crippen LogP contribution in [0.15, 0.2) is 65.6 Å². The summed E-state index contributed by atoms with van der Waals surface area (Å²) in [4.78, 5) is 58.2. The molecule has 6 rings (SSSR count). The van der Waals surface area contributed by atoms with E-state index in [4.69, 9.17) is 18.9 Å². The molecule has 1 saturated heterocycles. The van der Waals surface area contributed by atoms with E-state index in [9.17, 15) is 19.2 Å². The normalized spacial score (nSPS) is 19.3. The van der Waals surface area contributed by atoms with Gasteiger partial charge in [-0.3, -0.25) is 19.2 Å². The summed E-state index contributed by atoms with van der Waals surface area (Å²) in [5.74, 6) is 0.729. The molecule has 0 saturated carbocycles. The first kappa shape index (κ1) is 32.7. The topological polar surface area (TPSA) is 140 Å². The molecule has 3 aromatic rings. The van der Waals surface area contributed by atoms with Crippen LogP contribution in [-0.4, -0.2) is 91.7 Å². The van der Waals surface area contributed by atoms with E-state index in [1.807, 2.05) is 42.5 Å². The number of likely N-dealkylation sites (tertiary alicyclic amines) is 1. The lowest BCUT2D eigenvalue weighted by molar-refractivity contribution is -0.137. The highest BCUT2D eigenvalue weighted by Crippen LogP contribution is 2.33. The number of carbonyl (C=O) groups is 3. The lowest BCUT2D eigenvalue weighted by Crippen LogP contribution is -2.58. The molecule has 0 aliphatic carbocycles. The smallest absolute Gasteiger partial charge is 0.260 e. The number of ether oxygens (including phenoxy) is 4. The van der Waals surface area contributed by atoms with Crippen molar-refractivity contribution in [2.24, 2.45) is 0 Å². The molecule has 2 atom stereocenters. The number of hydrogen-bond acceptors (Lipinski definition) is 8. The van der Waals surface area contributed by atoms with Gasteiger partial charge < -0.3 is 39.0 Å². The third-order valence-corrected chi connectivity index (χ3v) is 8.14. The molecule has 1 fully saturated rings. The molecule has 3 aliphatic heterocycles. The molecule has 1 aromatic heterocycles. The first-order valence-electron chi connectivity index (χ1n) is 15.4. The van der Waals surface area contributed by atoms with Crippen molar-refractivity contribution in [1.82, 2.24) is 20.1 Å². The summed E-state index contributed by atoms with van der Waals surface area (Å²) in [7, 11) is 3.16. The molecule has 0 radical (unpaired) electrons. The van der Waals surface area contributed by atoms with Gasteiger partial charge in [0, 0.05) is 46.0 Å². The fourth-order valence-electron chi connectivity index (χ4n) is 5.72. The molecule has 12 nitrogen and oxygen atoms in total. The summed E-state index contributed by atoms with van der Waals surface area (Å²) in [6.07, 6.45) is 2.67. The van der Waals surface area contributed by atoms with Crippen LogP contribution in [0.2, 0.25) is 0 Å². The zero-order valence-corrected chi connectivity index (χ0v) is 26.2. The predicted molar refractivity (Wildman–Crippen MR) is 169 cm³/mol. The number of piperidine rings is 1. The zero-order chi connectivity index (χ0) is 32.5. The fourth-order valence-corrected chi connectivity index (χ4v) is 5.72. The molecule has 4 bridgehead atoms. The van der Waals surface area contributed by atoms with Gasteiger partial charge >= 0.3 is 0 Å². The molecule has 244 valence electrons. The van der Waals surface area contributed by atoms with Crippen LogP contribution in [0.4, 0.5) is 0 Å². The maximum atomic E-state index is 13.5. The molecule has 2 N–H and O–H groups in total. The number of H-pyrrole nitrogens is 1. The van der Waals surface area contributed by atoms with E-state index in [0.29, 0.717) is 56.2 Å². The van der Waals surface area contributed by atoms with Gasteiger partial charge in [0.05, 0.1) is 32.4 Å². The first-order chi connectivity index (χ1) is 22.3. The number of amides is 3. The third-order valence-electron chi connectivity index (χ3n) is 8.14. The van der Waals surface area contributed by atoms with Crippen LogP contribution >= 0.6 is 0 Å². The van der Waals surface area contributed by atoms with E-state index < -0.39 is 23.6 Å². The zero-order valence-electron chi connectivity index (χ0n) is 26.2. The molecular weight excluding hydrogens is 592 g/mol. The van der Waals surface area contributed by atoms with Crippen LogP contribution in [0, 0.1) is 0 Å². The lowest BCUT2D eigenvalue weighted by atomic mass is 10.0. The average molecular weight is 633 g/mol. The van der Waals surface area contributed by atoms with Gasteiger partial charge in [-0.25, -0.2) is 0 Å². The van der Waals surface area contributed by atoms with Gasteiger partial charge in [0.15, 0.2) is 11.5 Å². The number of rotatable bonds is 6. The predicted octanol–water partition coefficient (Wildman–Crippen LogP) is 2.90. The number of fused-ring (bicyclic) bond motifs is 9. The van der Waals surface area contributed by atoms with E-state index >= 15 is 0 Å². The molecule has 2 aromatic carbocycles. The molecule has 4 heterocycles. The van der Waals surface area contributed by atoms with E-state index in [1.54, 1.807) is 25.2 Å². The summed E-state index contributed by atoms with van der Waals surface area (Å²) in [6, 6.07) is 15.6. The molecular formula is C34H40N4O8. The minimum absolute atomic E-state index is 0.0290. The average Bonchev–Trinajstić information content (AvgIpc) is 3.06. The van der Waals surface area contributed by atoms with Crippen LogP contribution in [0.1, 0.15) is 40.7 Å². The summed E-state index contributed by atoms with van der Waals surface area (Å²) >= 11 is 0. The second-order valence-electron chi connectivity index (χ2n) is 11.4. The second kappa shape index (κ2) is 15.5. The van der Waals surface area contributed by atoms with Crippen LogP contribution in [0.5, 0.6) is 17.2 Å². The van der Waals surface area contributed by atoms with Gasteiger partial charge in [0.25, 0.3) is 11.5 Å². The SMILES string of the molecule is COCCCN1CC(=O)N[C@H]2CN(C(=O)c3ccc[nH]c3=O)CC[C@H]2OCc2cccc(c2)Oc2ccc(cc2OC)CCC1=O. The second-order valence-corrected chi connectivity index (χ2v) is 11.4. The Kier molecular flexibility index (Phi) is 11.1. The number of aromatic nitrogens is 1. The van der Waals surface area contributed by atoms with E-state index in [1.165, 1.54) is 17.2 Å². The quantitative estimate of drug-likeness (QED) is 0.396. The largest absolute Gasteiger partial charge is 0.493 e. The number of hydrogen-bond donors (Lipinski definition) is 2. The summed E-state index contributed by atoms with van der Waals surface area (Å²) < 4.78 is 23.3.